The van der Waals surface area contributed by atoms with Crippen LogP contribution in [0.3, 0.4) is 0 Å². The molecule has 6 nitrogen and oxygen atoms in total. The van der Waals surface area contributed by atoms with Crippen molar-refractivity contribution in [1.82, 2.24) is 19.5 Å². The average molecular weight is 489 g/mol. The van der Waals surface area contributed by atoms with E-state index in [1.807, 2.05) is 53.5 Å². The molecule has 0 unspecified atom stereocenters. The number of fused-ring (bicyclic) bond motifs is 4. The lowest BCUT2D eigenvalue weighted by molar-refractivity contribution is 0.948. The molecule has 0 aliphatic carbocycles. The highest BCUT2D eigenvalue weighted by Crippen LogP contribution is 2.45. The lowest BCUT2D eigenvalue weighted by Gasteiger charge is -2.21. The number of hydrogen-bond acceptors (Lipinski definition) is 5. The Kier molecular flexibility index (Phi) is 4.69. The highest BCUT2D eigenvalue weighted by Gasteiger charge is 2.28. The van der Waals surface area contributed by atoms with Crippen molar-refractivity contribution in [3.05, 3.63) is 103 Å². The molecule has 7 heteroatoms. The summed E-state index contributed by atoms with van der Waals surface area (Å²) in [6.07, 6.45) is 9.29. The van der Waals surface area contributed by atoms with E-state index in [1.54, 1.807) is 12.5 Å². The van der Waals surface area contributed by atoms with Crippen LogP contribution in [-0.4, -0.2) is 33.2 Å². The van der Waals surface area contributed by atoms with E-state index < -0.39 is 0 Å². The third-order valence-electron chi connectivity index (χ3n) is 6.80. The fraction of sp³-hybridized carbons (Fsp3) is 0.0690. The number of aromatic nitrogens is 4. The number of nitrogens with zero attached hydrogens (tertiary/aromatic N) is 6. The molecule has 0 fully saturated rings. The first-order valence-corrected chi connectivity index (χ1v) is 12.1. The average Bonchev–Trinajstić information content (AvgIpc) is 3.56. The lowest BCUT2D eigenvalue weighted by atomic mass is 10.0. The zero-order valence-corrected chi connectivity index (χ0v) is 20.3. The molecule has 174 valence electrons. The van der Waals surface area contributed by atoms with E-state index in [4.69, 9.17) is 16.6 Å². The van der Waals surface area contributed by atoms with Crippen molar-refractivity contribution in [2.75, 3.05) is 23.5 Å². The van der Waals surface area contributed by atoms with E-state index in [1.165, 1.54) is 0 Å². The largest absolute Gasteiger partial charge is 0.354 e. The predicted octanol–water partition coefficient (Wildman–Crippen LogP) is 6.83. The van der Waals surface area contributed by atoms with E-state index >= 15 is 0 Å². The molecule has 0 saturated carbocycles. The van der Waals surface area contributed by atoms with Crippen LogP contribution in [0.25, 0.3) is 38.6 Å². The number of rotatable bonds is 3. The zero-order chi connectivity index (χ0) is 24.2. The maximum Gasteiger partial charge on any atom is 0.0992 e. The second-order valence-electron chi connectivity index (χ2n) is 9.01. The molecule has 4 heterocycles. The van der Waals surface area contributed by atoms with Gasteiger partial charge in [-0.2, -0.15) is 0 Å². The lowest BCUT2D eigenvalue weighted by Crippen LogP contribution is -2.24. The van der Waals surface area contributed by atoms with Crippen LogP contribution in [0.2, 0.25) is 5.02 Å². The van der Waals surface area contributed by atoms with Crippen LogP contribution in [-0.2, 0) is 0 Å². The van der Waals surface area contributed by atoms with Crippen LogP contribution in [0.15, 0.2) is 97.8 Å². The molecule has 3 aromatic carbocycles. The summed E-state index contributed by atoms with van der Waals surface area (Å²) in [7, 11) is 2.09. The Labute approximate surface area is 213 Å². The predicted molar refractivity (Wildman–Crippen MR) is 146 cm³/mol. The van der Waals surface area contributed by atoms with Gasteiger partial charge in [0, 0.05) is 47.7 Å². The van der Waals surface area contributed by atoms with Gasteiger partial charge in [-0.1, -0.05) is 35.9 Å². The Balaban J connectivity index is 1.36. The first kappa shape index (κ1) is 20.9. The van der Waals surface area contributed by atoms with E-state index in [0.29, 0.717) is 11.7 Å². The van der Waals surface area contributed by atoms with Crippen LogP contribution >= 0.6 is 11.6 Å². The van der Waals surface area contributed by atoms with Crippen molar-refractivity contribution < 1.29 is 0 Å². The van der Waals surface area contributed by atoms with Gasteiger partial charge in [-0.05, 0) is 48.0 Å². The highest BCUT2D eigenvalue weighted by molar-refractivity contribution is 6.32. The smallest absolute Gasteiger partial charge is 0.0992 e. The minimum Gasteiger partial charge on any atom is -0.354 e. The number of imidazole rings is 1. The number of halogens is 1. The Morgan fingerprint density at radius 3 is 2.58 bits per heavy atom. The quantitative estimate of drug-likeness (QED) is 0.273. The summed E-state index contributed by atoms with van der Waals surface area (Å²) >= 11 is 6.73. The third kappa shape index (κ3) is 3.30. The second kappa shape index (κ2) is 8.07. The Morgan fingerprint density at radius 2 is 1.72 bits per heavy atom. The van der Waals surface area contributed by atoms with Crippen LogP contribution in [0.1, 0.15) is 0 Å². The molecule has 0 atom stereocenters. The van der Waals surface area contributed by atoms with Crippen LogP contribution in [0.4, 0.5) is 17.1 Å². The molecule has 3 aromatic heterocycles. The van der Waals surface area contributed by atoms with Gasteiger partial charge < -0.3 is 14.4 Å². The van der Waals surface area contributed by atoms with Crippen molar-refractivity contribution in [2.24, 2.45) is 0 Å². The van der Waals surface area contributed by atoms with Gasteiger partial charge in [0.05, 0.1) is 52.3 Å². The number of para-hydroxylation sites is 1. The molecule has 0 saturated heterocycles. The summed E-state index contributed by atoms with van der Waals surface area (Å²) in [5, 5.41) is 2.89. The molecule has 36 heavy (non-hydrogen) atoms. The summed E-state index contributed by atoms with van der Waals surface area (Å²) in [5.74, 6) is 0. The minimum absolute atomic E-state index is 0.669. The highest BCUT2D eigenvalue weighted by atomic mass is 35.5. The zero-order valence-electron chi connectivity index (χ0n) is 19.5. The van der Waals surface area contributed by atoms with Crippen molar-refractivity contribution in [2.45, 2.75) is 0 Å². The molecular weight excluding hydrogens is 468 g/mol. The molecule has 1 aliphatic rings. The maximum absolute atomic E-state index is 6.73. The van der Waals surface area contributed by atoms with Crippen LogP contribution in [0.5, 0.6) is 0 Å². The third-order valence-corrected chi connectivity index (χ3v) is 7.11. The van der Waals surface area contributed by atoms with Crippen molar-refractivity contribution in [3.63, 3.8) is 0 Å². The second-order valence-corrected chi connectivity index (χ2v) is 9.42. The van der Waals surface area contributed by atoms with E-state index in [0.717, 1.165) is 55.7 Å². The van der Waals surface area contributed by atoms with Gasteiger partial charge in [-0.25, -0.2) is 4.98 Å². The van der Waals surface area contributed by atoms with Gasteiger partial charge in [-0.15, -0.1) is 0 Å². The molecule has 0 spiro atoms. The molecule has 7 rings (SSSR count). The molecular formula is C29H21ClN6. The Morgan fingerprint density at radius 1 is 0.833 bits per heavy atom. The molecule has 0 radical (unpaired) electrons. The maximum atomic E-state index is 6.73. The summed E-state index contributed by atoms with van der Waals surface area (Å²) < 4.78 is 1.92. The molecule has 1 aliphatic heterocycles. The van der Waals surface area contributed by atoms with Crippen LogP contribution in [0, 0.1) is 0 Å². The minimum atomic E-state index is 0.669. The van der Waals surface area contributed by atoms with Gasteiger partial charge in [0.2, 0.25) is 0 Å². The SMILES string of the molecule is CN1CN(c2ccc(-n3ccnc3)c(Cl)c2)c2c1cnc1ccc(-c3cnc4ccccc4c3)cc21. The van der Waals surface area contributed by atoms with Crippen molar-refractivity contribution in [3.8, 4) is 16.8 Å². The molecule has 0 bridgehead atoms. The first-order chi connectivity index (χ1) is 17.7. The molecule has 6 aromatic rings. The van der Waals surface area contributed by atoms with E-state index in [9.17, 15) is 0 Å². The van der Waals surface area contributed by atoms with Gasteiger partial charge in [-0.3, -0.25) is 9.97 Å². The van der Waals surface area contributed by atoms with Gasteiger partial charge in [0.25, 0.3) is 0 Å². The topological polar surface area (TPSA) is 50.1 Å². The fourth-order valence-electron chi connectivity index (χ4n) is 4.98. The molecule has 0 amide bonds. The number of hydrogen-bond donors (Lipinski definition) is 0. The van der Waals surface area contributed by atoms with E-state index in [-0.39, 0.29) is 0 Å². The summed E-state index contributed by atoms with van der Waals surface area (Å²) in [6.45, 7) is 0.707. The van der Waals surface area contributed by atoms with Crippen molar-refractivity contribution >= 4 is 50.5 Å². The number of benzene rings is 3. The monoisotopic (exact) mass is 488 g/mol. The number of anilines is 3. The normalized spacial score (nSPS) is 13.1. The summed E-state index contributed by atoms with van der Waals surface area (Å²) in [6, 6.07) is 23.0. The summed E-state index contributed by atoms with van der Waals surface area (Å²) in [5.41, 5.74) is 8.28. The fourth-order valence-corrected chi connectivity index (χ4v) is 5.26. The van der Waals surface area contributed by atoms with Gasteiger partial charge >= 0.3 is 0 Å². The Hall–Kier alpha value is -4.42. The Bertz CT molecular complexity index is 1760. The standard InChI is InChI=1S/C29H21ClN6/c1-34-18-36(22-7-9-27(24(30)14-22)35-11-10-31-17-35)29-23-13-19(6-8-26(23)33-16-28(29)34)21-12-20-4-2-3-5-25(20)32-15-21/h2-17H,18H2,1H3. The first-order valence-electron chi connectivity index (χ1n) is 11.7. The summed E-state index contributed by atoms with van der Waals surface area (Å²) in [4.78, 5) is 18.1. The van der Waals surface area contributed by atoms with E-state index in [2.05, 4.69) is 63.2 Å². The molecule has 0 N–H and O–H groups in total. The number of pyridine rings is 2. The van der Waals surface area contributed by atoms with Gasteiger partial charge in [0.1, 0.15) is 0 Å². The van der Waals surface area contributed by atoms with Crippen molar-refractivity contribution in [1.29, 1.82) is 0 Å². The van der Waals surface area contributed by atoms with Crippen LogP contribution < -0.4 is 9.80 Å². The van der Waals surface area contributed by atoms with Gasteiger partial charge in [0.15, 0.2) is 0 Å².